The van der Waals surface area contributed by atoms with Gasteiger partial charge in [-0.3, -0.25) is 19.9 Å². The molecule has 0 unspecified atom stereocenters. The number of amides is 2. The van der Waals surface area contributed by atoms with Gasteiger partial charge < -0.3 is 9.64 Å². The van der Waals surface area contributed by atoms with Crippen molar-refractivity contribution in [1.82, 2.24) is 30.0 Å². The van der Waals surface area contributed by atoms with Gasteiger partial charge in [-0.25, -0.2) is 14.6 Å². The topological polar surface area (TPSA) is 139 Å². The highest BCUT2D eigenvalue weighted by Gasteiger charge is 2.33. The molecule has 0 aliphatic heterocycles. The smallest absolute Gasteiger partial charge is 0.414 e. The third-order valence-corrected chi connectivity index (χ3v) is 8.13. The van der Waals surface area contributed by atoms with Crippen LogP contribution in [0.5, 0.6) is 0 Å². The minimum atomic E-state index is -1.15. The van der Waals surface area contributed by atoms with E-state index in [2.05, 4.69) is 14.7 Å². The van der Waals surface area contributed by atoms with E-state index in [0.29, 0.717) is 12.1 Å². The van der Waals surface area contributed by atoms with E-state index >= 15 is 0 Å². The minimum Gasteiger partial charge on any atom is -0.450 e. The zero-order chi connectivity index (χ0) is 30.8. The van der Waals surface area contributed by atoms with E-state index in [9.17, 15) is 19.2 Å². The summed E-state index contributed by atoms with van der Waals surface area (Å²) in [5, 5.41) is 6.96. The highest BCUT2D eigenvalue weighted by atomic mass is 35.5. The molecule has 2 heterocycles. The highest BCUT2D eigenvalue weighted by Crippen LogP contribution is 2.44. The lowest BCUT2D eigenvalue weighted by atomic mass is 9.85. The number of ether oxygens (including phenoxy) is 1. The molecule has 0 aliphatic rings. The van der Waals surface area contributed by atoms with Crippen LogP contribution in [-0.4, -0.2) is 57.4 Å². The molecule has 0 radical (unpaired) electrons. The van der Waals surface area contributed by atoms with E-state index in [1.807, 2.05) is 68.6 Å². The van der Waals surface area contributed by atoms with Crippen LogP contribution in [0.2, 0.25) is 10.0 Å². The van der Waals surface area contributed by atoms with Gasteiger partial charge in [0.25, 0.3) is 11.5 Å². The van der Waals surface area contributed by atoms with Crippen molar-refractivity contribution in [3.05, 3.63) is 94.5 Å². The lowest BCUT2D eigenvalue weighted by Gasteiger charge is -2.26. The van der Waals surface area contributed by atoms with Crippen LogP contribution in [-0.2, 0) is 16.7 Å². The largest absolute Gasteiger partial charge is 0.450 e. The third-order valence-electron chi connectivity index (χ3n) is 6.17. The Morgan fingerprint density at radius 3 is 2.36 bits per heavy atom. The van der Waals surface area contributed by atoms with Crippen molar-refractivity contribution in [2.75, 3.05) is 20.7 Å². The molecule has 4 aromatic rings. The summed E-state index contributed by atoms with van der Waals surface area (Å²) < 4.78 is 5.42. The summed E-state index contributed by atoms with van der Waals surface area (Å²) in [6.07, 6.45) is -1.06. The Balaban J connectivity index is 1.77. The molecule has 2 N–H and O–H groups in total. The minimum absolute atomic E-state index is 0.00756. The molecule has 0 saturated heterocycles. The summed E-state index contributed by atoms with van der Waals surface area (Å²) in [7, 11) is 3.98. The van der Waals surface area contributed by atoms with Crippen molar-refractivity contribution >= 4 is 46.5 Å². The number of nitrogens with zero attached hydrogens (tertiary/aromatic N) is 4. The summed E-state index contributed by atoms with van der Waals surface area (Å²) in [5.74, 6) is -1.15. The Labute approximate surface area is 255 Å². The average molecular weight is 632 g/mol. The van der Waals surface area contributed by atoms with Crippen LogP contribution in [0.15, 0.2) is 52.1 Å². The molecule has 0 aliphatic carbocycles. The maximum Gasteiger partial charge on any atom is 0.414 e. The SMILES string of the molecule is CCOC(=O)NC(=O)c1nn(-c2cc(Cl)c(C(C)(C)c3nc(-c4ccccc4)c(CN(C)C)s3)c(Cl)c2)c(=O)[nH]c1=O. The van der Waals surface area contributed by atoms with Crippen molar-refractivity contribution < 1.29 is 14.3 Å². The normalized spacial score (nSPS) is 11.5. The zero-order valence-electron chi connectivity index (χ0n) is 23.4. The van der Waals surface area contributed by atoms with Gasteiger partial charge in [0.15, 0.2) is 0 Å². The van der Waals surface area contributed by atoms with Gasteiger partial charge in [-0.2, -0.15) is 9.78 Å². The van der Waals surface area contributed by atoms with Crippen molar-refractivity contribution in [2.24, 2.45) is 0 Å². The molecule has 4 rings (SSSR count). The summed E-state index contributed by atoms with van der Waals surface area (Å²) in [6.45, 7) is 6.15. The molecule has 11 nitrogen and oxygen atoms in total. The number of aromatic nitrogens is 4. The number of rotatable bonds is 8. The van der Waals surface area contributed by atoms with Gasteiger partial charge in [-0.05, 0) is 47.0 Å². The molecule has 2 amide bonds. The van der Waals surface area contributed by atoms with Gasteiger partial charge in [-0.1, -0.05) is 53.5 Å². The van der Waals surface area contributed by atoms with Crippen molar-refractivity contribution in [3.63, 3.8) is 0 Å². The first-order valence-corrected chi connectivity index (χ1v) is 14.3. The molecule has 42 heavy (non-hydrogen) atoms. The second-order valence-electron chi connectivity index (χ2n) is 10.00. The van der Waals surface area contributed by atoms with Crippen molar-refractivity contribution in [3.8, 4) is 16.9 Å². The standard InChI is InChI=1S/C28H28Cl2N6O5S/c1-6-41-27(40)33-24(38)22-23(37)32-26(39)36(34-22)16-12-17(29)20(18(30)13-16)28(2,3)25-31-21(15-10-8-7-9-11-15)19(42-25)14-35(4)5/h7-13H,6,14H2,1-5H3,(H,32,37,39)(H,33,38,40). The first-order valence-electron chi connectivity index (χ1n) is 12.8. The van der Waals surface area contributed by atoms with E-state index in [1.54, 1.807) is 18.3 Å². The number of benzene rings is 2. The Bertz CT molecular complexity index is 1740. The first-order chi connectivity index (χ1) is 19.8. The van der Waals surface area contributed by atoms with E-state index in [0.717, 1.165) is 25.8 Å². The first kappa shape index (κ1) is 31.1. The Hall–Kier alpha value is -3.84. The van der Waals surface area contributed by atoms with Gasteiger partial charge in [-0.15, -0.1) is 11.3 Å². The van der Waals surface area contributed by atoms with E-state index < -0.39 is 34.4 Å². The number of hydrogen-bond acceptors (Lipinski definition) is 9. The number of thiazole rings is 1. The third kappa shape index (κ3) is 6.46. The van der Waals surface area contributed by atoms with Crippen LogP contribution < -0.4 is 16.6 Å². The maximum absolute atomic E-state index is 12.7. The van der Waals surface area contributed by atoms with Crippen LogP contribution >= 0.6 is 34.5 Å². The molecule has 0 fully saturated rings. The van der Waals surface area contributed by atoms with Gasteiger partial charge in [0.1, 0.15) is 5.01 Å². The predicted octanol–water partition coefficient (Wildman–Crippen LogP) is 4.62. The average Bonchev–Trinajstić information content (AvgIpc) is 3.32. The number of halogens is 2. The maximum atomic E-state index is 12.7. The van der Waals surface area contributed by atoms with E-state index in [-0.39, 0.29) is 22.3 Å². The fraction of sp³-hybridized carbons (Fsp3) is 0.286. The molecule has 0 bridgehead atoms. The molecular formula is C28H28Cl2N6O5S. The lowest BCUT2D eigenvalue weighted by molar-refractivity contribution is 0.0916. The van der Waals surface area contributed by atoms with Gasteiger partial charge in [0.05, 0.1) is 18.0 Å². The van der Waals surface area contributed by atoms with Crippen LogP contribution in [0.1, 0.15) is 46.7 Å². The van der Waals surface area contributed by atoms with Crippen LogP contribution in [0.25, 0.3) is 16.9 Å². The van der Waals surface area contributed by atoms with Gasteiger partial charge in [0.2, 0.25) is 5.69 Å². The number of H-pyrrole nitrogens is 1. The molecule has 2 aromatic carbocycles. The predicted molar refractivity (Wildman–Crippen MR) is 162 cm³/mol. The number of hydrogen-bond donors (Lipinski definition) is 2. The molecule has 220 valence electrons. The molecule has 0 atom stereocenters. The summed E-state index contributed by atoms with van der Waals surface area (Å²) >= 11 is 15.1. The number of carbonyl (C=O) groups is 2. The number of nitrogens with one attached hydrogen (secondary N) is 2. The quantitative estimate of drug-likeness (QED) is 0.287. The Morgan fingerprint density at radius 1 is 1.12 bits per heavy atom. The Kier molecular flexibility index (Phi) is 9.31. The van der Waals surface area contributed by atoms with Crippen LogP contribution in [0.4, 0.5) is 4.79 Å². The summed E-state index contributed by atoms with van der Waals surface area (Å²) in [5.41, 5.74) is -0.980. The second-order valence-corrected chi connectivity index (χ2v) is 11.9. The monoisotopic (exact) mass is 630 g/mol. The summed E-state index contributed by atoms with van der Waals surface area (Å²) in [4.78, 5) is 59.2. The number of alkyl carbamates (subject to hydrolysis) is 1. The number of imide groups is 1. The zero-order valence-corrected chi connectivity index (χ0v) is 25.8. The molecular weight excluding hydrogens is 603 g/mol. The van der Waals surface area contributed by atoms with Crippen LogP contribution in [0, 0.1) is 0 Å². The molecule has 14 heteroatoms. The van der Waals surface area contributed by atoms with Crippen molar-refractivity contribution in [1.29, 1.82) is 0 Å². The second kappa shape index (κ2) is 12.6. The fourth-order valence-corrected chi connectivity index (χ4v) is 6.52. The molecule has 2 aromatic heterocycles. The molecule has 0 saturated carbocycles. The highest BCUT2D eigenvalue weighted by molar-refractivity contribution is 7.12. The summed E-state index contributed by atoms with van der Waals surface area (Å²) in [6, 6.07) is 12.8. The number of aromatic amines is 1. The van der Waals surface area contributed by atoms with Gasteiger partial charge in [0, 0.05) is 38.0 Å². The van der Waals surface area contributed by atoms with Crippen LogP contribution in [0.3, 0.4) is 0 Å². The lowest BCUT2D eigenvalue weighted by Crippen LogP contribution is -2.41. The van der Waals surface area contributed by atoms with Crippen molar-refractivity contribution in [2.45, 2.75) is 32.7 Å². The van der Waals surface area contributed by atoms with E-state index in [4.69, 9.17) is 28.2 Å². The number of carbonyl (C=O) groups excluding carboxylic acids is 2. The van der Waals surface area contributed by atoms with E-state index in [1.165, 1.54) is 12.1 Å². The Morgan fingerprint density at radius 2 is 1.76 bits per heavy atom. The molecule has 0 spiro atoms. The van der Waals surface area contributed by atoms with Gasteiger partial charge >= 0.3 is 11.8 Å². The fourth-order valence-electron chi connectivity index (χ4n) is 4.26.